The van der Waals surface area contributed by atoms with Crippen LogP contribution in [0.4, 0.5) is 5.13 Å². The van der Waals surface area contributed by atoms with Crippen LogP contribution in [0.25, 0.3) is 0 Å². The van der Waals surface area contributed by atoms with Crippen molar-refractivity contribution in [3.8, 4) is 0 Å². The number of hydrogen-bond donors (Lipinski definition) is 1. The zero-order valence-electron chi connectivity index (χ0n) is 11.4. The molecule has 1 aliphatic rings. The highest BCUT2D eigenvalue weighted by Gasteiger charge is 2.32. The standard InChI is InChI=1S/C12H15N3O4S/c1-6-9(11(18)19-3)14-12(20-6)13-7-4-5-8(16)15(2)10(7)17/h7H,4-5H2,1-3H3,(H,13,14). The highest BCUT2D eigenvalue weighted by atomic mass is 32.1. The average molecular weight is 297 g/mol. The van der Waals surface area contributed by atoms with Crippen molar-refractivity contribution in [3.05, 3.63) is 10.6 Å². The van der Waals surface area contributed by atoms with Gasteiger partial charge in [0.05, 0.1) is 7.11 Å². The number of anilines is 1. The Balaban J connectivity index is 2.13. The summed E-state index contributed by atoms with van der Waals surface area (Å²) in [6, 6.07) is -0.492. The molecule has 1 unspecified atom stereocenters. The fourth-order valence-electron chi connectivity index (χ4n) is 1.94. The third-order valence-electron chi connectivity index (χ3n) is 3.12. The second kappa shape index (κ2) is 5.58. The first-order valence-electron chi connectivity index (χ1n) is 6.06. The van der Waals surface area contributed by atoms with E-state index in [1.165, 1.54) is 25.5 Å². The monoisotopic (exact) mass is 297 g/mol. The molecule has 0 aromatic carbocycles. The summed E-state index contributed by atoms with van der Waals surface area (Å²) >= 11 is 1.28. The topological polar surface area (TPSA) is 88.6 Å². The molecular weight excluding hydrogens is 282 g/mol. The lowest BCUT2D eigenvalue weighted by Gasteiger charge is -2.27. The van der Waals surface area contributed by atoms with Gasteiger partial charge in [0.25, 0.3) is 5.91 Å². The van der Waals surface area contributed by atoms with Crippen LogP contribution >= 0.6 is 11.3 Å². The van der Waals surface area contributed by atoms with Crippen LogP contribution in [-0.2, 0) is 14.3 Å². The zero-order valence-corrected chi connectivity index (χ0v) is 12.2. The number of piperidine rings is 1. The van der Waals surface area contributed by atoms with Crippen LogP contribution in [-0.4, -0.2) is 47.9 Å². The lowest BCUT2D eigenvalue weighted by molar-refractivity contribution is -0.146. The Morgan fingerprint density at radius 1 is 1.50 bits per heavy atom. The van der Waals surface area contributed by atoms with E-state index in [9.17, 15) is 14.4 Å². The second-order valence-electron chi connectivity index (χ2n) is 4.44. The largest absolute Gasteiger partial charge is 0.464 e. The molecule has 1 N–H and O–H groups in total. The maximum Gasteiger partial charge on any atom is 0.357 e. The Morgan fingerprint density at radius 3 is 2.85 bits per heavy atom. The van der Waals surface area contributed by atoms with E-state index in [1.54, 1.807) is 6.92 Å². The van der Waals surface area contributed by atoms with E-state index in [4.69, 9.17) is 0 Å². The maximum atomic E-state index is 11.9. The van der Waals surface area contributed by atoms with E-state index in [1.807, 2.05) is 0 Å². The fourth-order valence-corrected chi connectivity index (χ4v) is 2.80. The number of thiazole rings is 1. The summed E-state index contributed by atoms with van der Waals surface area (Å²) in [4.78, 5) is 40.8. The van der Waals surface area contributed by atoms with Crippen molar-refractivity contribution < 1.29 is 19.1 Å². The molecule has 2 rings (SSSR count). The number of likely N-dealkylation sites (tertiary alicyclic amines) is 1. The van der Waals surface area contributed by atoms with E-state index in [0.29, 0.717) is 22.9 Å². The molecule has 0 spiro atoms. The number of carbonyl (C=O) groups excluding carboxylic acids is 3. The van der Waals surface area contributed by atoms with Crippen molar-refractivity contribution in [3.63, 3.8) is 0 Å². The molecule has 108 valence electrons. The van der Waals surface area contributed by atoms with E-state index in [-0.39, 0.29) is 17.5 Å². The summed E-state index contributed by atoms with van der Waals surface area (Å²) in [7, 11) is 2.75. The van der Waals surface area contributed by atoms with Gasteiger partial charge in [0.2, 0.25) is 5.91 Å². The van der Waals surface area contributed by atoms with Crippen LogP contribution in [0.15, 0.2) is 0 Å². The van der Waals surface area contributed by atoms with Crippen molar-refractivity contribution in [2.24, 2.45) is 0 Å². The van der Waals surface area contributed by atoms with Gasteiger partial charge in [-0.3, -0.25) is 14.5 Å². The molecule has 20 heavy (non-hydrogen) atoms. The molecule has 1 atom stereocenters. The predicted octanol–water partition coefficient (Wildman–Crippen LogP) is 0.797. The molecule has 0 radical (unpaired) electrons. The molecule has 0 bridgehead atoms. The van der Waals surface area contributed by atoms with Gasteiger partial charge < -0.3 is 10.1 Å². The average Bonchev–Trinajstić information content (AvgIpc) is 2.79. The maximum absolute atomic E-state index is 11.9. The van der Waals surface area contributed by atoms with Crippen molar-refractivity contribution in [1.82, 2.24) is 9.88 Å². The zero-order chi connectivity index (χ0) is 14.9. The smallest absolute Gasteiger partial charge is 0.357 e. The first-order valence-corrected chi connectivity index (χ1v) is 6.88. The molecule has 1 aromatic rings. The van der Waals surface area contributed by atoms with Crippen LogP contribution in [0.5, 0.6) is 0 Å². The number of nitrogens with one attached hydrogen (secondary N) is 1. The lowest BCUT2D eigenvalue weighted by Crippen LogP contribution is -2.48. The highest BCUT2D eigenvalue weighted by Crippen LogP contribution is 2.25. The van der Waals surface area contributed by atoms with Gasteiger partial charge in [-0.15, -0.1) is 11.3 Å². The Hall–Kier alpha value is -1.96. The quantitative estimate of drug-likeness (QED) is 0.655. The predicted molar refractivity (Wildman–Crippen MR) is 72.6 cm³/mol. The van der Waals surface area contributed by atoms with Gasteiger partial charge in [0.15, 0.2) is 10.8 Å². The number of methoxy groups -OCH3 is 1. The van der Waals surface area contributed by atoms with Crippen molar-refractivity contribution in [2.75, 3.05) is 19.5 Å². The van der Waals surface area contributed by atoms with E-state index >= 15 is 0 Å². The molecule has 0 saturated carbocycles. The SMILES string of the molecule is COC(=O)c1nc(NC2CCC(=O)N(C)C2=O)sc1C. The Bertz CT molecular complexity index is 569. The summed E-state index contributed by atoms with van der Waals surface area (Å²) in [6.45, 7) is 1.76. The van der Waals surface area contributed by atoms with Crippen molar-refractivity contribution in [1.29, 1.82) is 0 Å². The molecule has 7 nitrogen and oxygen atoms in total. The van der Waals surface area contributed by atoms with Crippen molar-refractivity contribution in [2.45, 2.75) is 25.8 Å². The number of rotatable bonds is 3. The second-order valence-corrected chi connectivity index (χ2v) is 5.65. The minimum atomic E-state index is -0.505. The van der Waals surface area contributed by atoms with Crippen LogP contribution in [0, 0.1) is 6.92 Å². The van der Waals surface area contributed by atoms with E-state index < -0.39 is 12.0 Å². The number of nitrogens with zero attached hydrogens (tertiary/aromatic N) is 2. The van der Waals surface area contributed by atoms with Gasteiger partial charge in [-0.25, -0.2) is 9.78 Å². The van der Waals surface area contributed by atoms with E-state index in [2.05, 4.69) is 15.0 Å². The van der Waals surface area contributed by atoms with Gasteiger partial charge in [0.1, 0.15) is 6.04 Å². The molecule has 1 saturated heterocycles. The molecular formula is C12H15N3O4S. The third kappa shape index (κ3) is 2.64. The Morgan fingerprint density at radius 2 is 2.20 bits per heavy atom. The van der Waals surface area contributed by atoms with E-state index in [0.717, 1.165) is 4.90 Å². The molecule has 1 aromatic heterocycles. The van der Waals surface area contributed by atoms with Crippen molar-refractivity contribution >= 4 is 34.3 Å². The number of hydrogen-bond acceptors (Lipinski definition) is 7. The fraction of sp³-hybridized carbons (Fsp3) is 0.500. The minimum absolute atomic E-state index is 0.182. The molecule has 2 heterocycles. The van der Waals surface area contributed by atoms with Crippen LogP contribution in [0.3, 0.4) is 0 Å². The molecule has 1 aliphatic heterocycles. The van der Waals surface area contributed by atoms with Crippen LogP contribution in [0.2, 0.25) is 0 Å². The number of likely N-dealkylation sites (N-methyl/N-ethyl adjacent to an activating group) is 1. The van der Waals surface area contributed by atoms with Crippen LogP contribution < -0.4 is 5.32 Å². The first kappa shape index (κ1) is 14.4. The number of ether oxygens (including phenoxy) is 1. The molecule has 8 heteroatoms. The lowest BCUT2D eigenvalue weighted by atomic mass is 10.1. The van der Waals surface area contributed by atoms with Gasteiger partial charge in [0, 0.05) is 18.3 Å². The Kier molecular flexibility index (Phi) is 4.03. The Labute approximate surface area is 119 Å². The number of aryl methyl sites for hydroxylation is 1. The van der Waals surface area contributed by atoms with Crippen LogP contribution in [0.1, 0.15) is 28.2 Å². The van der Waals surface area contributed by atoms with Gasteiger partial charge in [-0.2, -0.15) is 0 Å². The molecule has 1 fully saturated rings. The van der Waals surface area contributed by atoms with Gasteiger partial charge >= 0.3 is 5.97 Å². The number of imide groups is 1. The summed E-state index contributed by atoms with van der Waals surface area (Å²) in [6.07, 6.45) is 0.738. The number of carbonyl (C=O) groups is 3. The number of amides is 2. The summed E-state index contributed by atoms with van der Waals surface area (Å²) in [5, 5.41) is 3.45. The summed E-state index contributed by atoms with van der Waals surface area (Å²) in [5.74, 6) is -0.971. The first-order chi connectivity index (χ1) is 9.43. The minimum Gasteiger partial charge on any atom is -0.464 e. The molecule has 0 aliphatic carbocycles. The third-order valence-corrected chi connectivity index (χ3v) is 4.02. The van der Waals surface area contributed by atoms with Gasteiger partial charge in [-0.05, 0) is 13.3 Å². The number of aromatic nitrogens is 1. The highest BCUT2D eigenvalue weighted by molar-refractivity contribution is 7.15. The normalized spacial score (nSPS) is 19.1. The molecule has 2 amide bonds. The number of esters is 1. The van der Waals surface area contributed by atoms with Gasteiger partial charge in [-0.1, -0.05) is 0 Å². The summed E-state index contributed by atoms with van der Waals surface area (Å²) in [5.41, 5.74) is 0.243. The summed E-state index contributed by atoms with van der Waals surface area (Å²) < 4.78 is 4.63.